The quantitative estimate of drug-likeness (QED) is 0.299. The predicted octanol–water partition coefficient (Wildman–Crippen LogP) is 4.34. The number of benzene rings is 1. The summed E-state index contributed by atoms with van der Waals surface area (Å²) in [7, 11) is 1.10. The van der Waals surface area contributed by atoms with Gasteiger partial charge in [-0.1, -0.05) is 13.0 Å². The third-order valence-electron chi connectivity index (χ3n) is 6.26. The molecule has 0 bridgehead atoms. The Morgan fingerprint density at radius 3 is 2.58 bits per heavy atom. The number of nitrogens with one attached hydrogen (secondary N) is 2. The molecular formula is C21H20F5N5O2. The summed E-state index contributed by atoms with van der Waals surface area (Å²) in [6.07, 6.45) is -4.74. The lowest BCUT2D eigenvalue weighted by Crippen LogP contribution is -2.46. The van der Waals surface area contributed by atoms with E-state index in [9.17, 15) is 22.0 Å². The van der Waals surface area contributed by atoms with Crippen molar-refractivity contribution in [2.24, 2.45) is 11.7 Å². The monoisotopic (exact) mass is 469 g/mol. The SMILES string of the molecule is COc1c([C@H]2[C@H](c3nc4c(C(=N)N)nccc4[nH]3)O[C@@](C)(C(F)(F)F)[C@H]2C)ccc(F)c1F. The summed E-state index contributed by atoms with van der Waals surface area (Å²) in [6, 6.07) is 3.53. The molecule has 1 aliphatic heterocycles. The zero-order valence-corrected chi connectivity index (χ0v) is 17.7. The highest BCUT2D eigenvalue weighted by Gasteiger charge is 2.65. The van der Waals surface area contributed by atoms with Crippen molar-refractivity contribution in [3.05, 3.63) is 53.1 Å². The molecule has 0 radical (unpaired) electrons. The summed E-state index contributed by atoms with van der Waals surface area (Å²) < 4.78 is 81.2. The van der Waals surface area contributed by atoms with Crippen LogP contribution in [0.15, 0.2) is 24.4 Å². The molecule has 2 aromatic heterocycles. The second kappa shape index (κ2) is 7.65. The van der Waals surface area contributed by atoms with Gasteiger partial charge >= 0.3 is 6.18 Å². The van der Waals surface area contributed by atoms with Gasteiger partial charge in [-0.25, -0.2) is 9.37 Å². The number of nitrogen functional groups attached to an aromatic ring is 1. The molecule has 4 atom stereocenters. The minimum Gasteiger partial charge on any atom is -0.493 e. The maximum Gasteiger partial charge on any atom is 0.417 e. The van der Waals surface area contributed by atoms with Crippen LogP contribution in [0, 0.1) is 23.0 Å². The molecule has 3 heterocycles. The van der Waals surface area contributed by atoms with Crippen LogP contribution in [-0.4, -0.2) is 39.7 Å². The third-order valence-corrected chi connectivity index (χ3v) is 6.26. The molecule has 1 aliphatic rings. The highest BCUT2D eigenvalue weighted by Crippen LogP contribution is 2.59. The lowest BCUT2D eigenvalue weighted by Gasteiger charge is -2.32. The highest BCUT2D eigenvalue weighted by atomic mass is 19.4. The van der Waals surface area contributed by atoms with Gasteiger partial charge in [0.25, 0.3) is 0 Å². The number of ether oxygens (including phenoxy) is 2. The largest absolute Gasteiger partial charge is 0.493 e. The summed E-state index contributed by atoms with van der Waals surface area (Å²) in [5, 5.41) is 7.67. The predicted molar refractivity (Wildman–Crippen MR) is 108 cm³/mol. The minimum atomic E-state index is -4.77. The molecule has 4 N–H and O–H groups in total. The maximum atomic E-state index is 14.5. The fraction of sp³-hybridized carbons (Fsp3) is 0.381. The molecule has 7 nitrogen and oxygen atoms in total. The van der Waals surface area contributed by atoms with Gasteiger partial charge in [0.2, 0.25) is 5.82 Å². The number of aromatic amines is 1. The van der Waals surface area contributed by atoms with Crippen molar-refractivity contribution in [3.8, 4) is 5.75 Å². The van der Waals surface area contributed by atoms with Crippen LogP contribution in [0.4, 0.5) is 22.0 Å². The second-order valence-electron chi connectivity index (χ2n) is 8.03. The minimum absolute atomic E-state index is 0.00267. The number of halogens is 5. The van der Waals surface area contributed by atoms with Crippen LogP contribution in [0.25, 0.3) is 11.0 Å². The molecule has 1 saturated heterocycles. The van der Waals surface area contributed by atoms with Gasteiger partial charge in [0.05, 0.1) is 12.6 Å². The zero-order chi connectivity index (χ0) is 24.3. The first-order valence-corrected chi connectivity index (χ1v) is 9.86. The van der Waals surface area contributed by atoms with E-state index in [-0.39, 0.29) is 28.4 Å². The van der Waals surface area contributed by atoms with Crippen LogP contribution >= 0.6 is 0 Å². The third kappa shape index (κ3) is 3.39. The molecule has 0 spiro atoms. The Balaban J connectivity index is 1.94. The molecule has 0 amide bonds. The highest BCUT2D eigenvalue weighted by molar-refractivity contribution is 6.03. The number of alkyl halides is 3. The van der Waals surface area contributed by atoms with Crippen molar-refractivity contribution in [1.29, 1.82) is 5.41 Å². The second-order valence-corrected chi connectivity index (χ2v) is 8.03. The number of imidazole rings is 1. The molecule has 1 fully saturated rings. The molecule has 176 valence electrons. The average Bonchev–Trinajstić information content (AvgIpc) is 3.29. The number of H-pyrrole nitrogens is 1. The lowest BCUT2D eigenvalue weighted by atomic mass is 9.77. The Morgan fingerprint density at radius 1 is 1.27 bits per heavy atom. The fourth-order valence-electron chi connectivity index (χ4n) is 4.34. The Bertz CT molecular complexity index is 1240. The summed E-state index contributed by atoms with van der Waals surface area (Å²) in [6.45, 7) is 2.23. The molecule has 1 aromatic carbocycles. The molecular weight excluding hydrogens is 449 g/mol. The Labute approximate surface area is 184 Å². The normalized spacial score (nSPS) is 25.5. The number of nitrogens with zero attached hydrogens (tertiary/aromatic N) is 2. The van der Waals surface area contributed by atoms with E-state index in [1.807, 2.05) is 0 Å². The number of hydrogen-bond acceptors (Lipinski definition) is 5. The van der Waals surface area contributed by atoms with Crippen molar-refractivity contribution < 1.29 is 31.4 Å². The number of pyridine rings is 1. The molecule has 0 aliphatic carbocycles. The lowest BCUT2D eigenvalue weighted by molar-refractivity contribution is -0.275. The topological polar surface area (TPSA) is 110 Å². The summed E-state index contributed by atoms with van der Waals surface area (Å²) >= 11 is 0. The molecule has 0 unspecified atom stereocenters. The first-order chi connectivity index (χ1) is 15.4. The number of amidine groups is 1. The van der Waals surface area contributed by atoms with Crippen LogP contribution in [0.3, 0.4) is 0 Å². The number of methoxy groups -OCH3 is 1. The van der Waals surface area contributed by atoms with E-state index in [1.54, 1.807) is 0 Å². The molecule has 0 saturated carbocycles. The van der Waals surface area contributed by atoms with Crippen molar-refractivity contribution in [2.45, 2.75) is 37.6 Å². The first kappa shape index (κ1) is 22.9. The summed E-state index contributed by atoms with van der Waals surface area (Å²) in [4.78, 5) is 11.2. The zero-order valence-electron chi connectivity index (χ0n) is 17.7. The standard InChI is InChI=1S/C21H20F5N5O2/c1-8-12(9-4-5-10(22)13(23)16(9)32-3)17(33-20(8,2)21(24,25)26)19-30-11-6-7-29-15(18(27)28)14(11)31-19/h4-8,12,17H,1-3H3,(H3,27,28)(H,30,31)/t8-,12-,17+,20+/m0/s1. The Hall–Kier alpha value is -3.28. The van der Waals surface area contributed by atoms with Gasteiger partial charge in [0.15, 0.2) is 17.2 Å². The van der Waals surface area contributed by atoms with E-state index >= 15 is 0 Å². The van der Waals surface area contributed by atoms with Crippen molar-refractivity contribution in [3.63, 3.8) is 0 Å². The van der Waals surface area contributed by atoms with Crippen LogP contribution in [0.2, 0.25) is 0 Å². The van der Waals surface area contributed by atoms with Crippen LogP contribution < -0.4 is 10.5 Å². The van der Waals surface area contributed by atoms with Crippen LogP contribution in [0.1, 0.15) is 43.0 Å². The number of nitrogens with two attached hydrogens (primary N) is 1. The molecule has 33 heavy (non-hydrogen) atoms. The summed E-state index contributed by atoms with van der Waals surface area (Å²) in [5.74, 6) is -5.74. The Kier molecular flexibility index (Phi) is 5.31. The number of rotatable bonds is 4. The fourth-order valence-corrected chi connectivity index (χ4v) is 4.34. The van der Waals surface area contributed by atoms with Gasteiger partial charge in [-0.2, -0.15) is 17.6 Å². The average molecular weight is 469 g/mol. The van der Waals surface area contributed by atoms with Gasteiger partial charge in [0.1, 0.15) is 29.0 Å². The van der Waals surface area contributed by atoms with Gasteiger partial charge in [-0.15, -0.1) is 0 Å². The van der Waals surface area contributed by atoms with E-state index in [2.05, 4.69) is 15.0 Å². The maximum absolute atomic E-state index is 14.5. The molecule has 12 heteroatoms. The van der Waals surface area contributed by atoms with Crippen molar-refractivity contribution in [2.75, 3.05) is 7.11 Å². The van der Waals surface area contributed by atoms with E-state index in [1.165, 1.54) is 25.3 Å². The van der Waals surface area contributed by atoms with Crippen molar-refractivity contribution >= 4 is 16.9 Å². The van der Waals surface area contributed by atoms with Crippen LogP contribution in [-0.2, 0) is 4.74 Å². The molecule has 3 aromatic rings. The van der Waals surface area contributed by atoms with Crippen molar-refractivity contribution in [1.82, 2.24) is 15.0 Å². The van der Waals surface area contributed by atoms with Gasteiger partial charge in [-0.3, -0.25) is 10.4 Å². The first-order valence-electron chi connectivity index (χ1n) is 9.86. The van der Waals surface area contributed by atoms with Crippen LogP contribution in [0.5, 0.6) is 5.75 Å². The number of hydrogen-bond donors (Lipinski definition) is 3. The Morgan fingerprint density at radius 2 is 1.97 bits per heavy atom. The van der Waals surface area contributed by atoms with Gasteiger partial charge in [-0.05, 0) is 19.1 Å². The van der Waals surface area contributed by atoms with Gasteiger partial charge < -0.3 is 20.2 Å². The van der Waals surface area contributed by atoms with Gasteiger partial charge in [0, 0.05) is 23.6 Å². The number of aromatic nitrogens is 3. The van der Waals surface area contributed by atoms with E-state index in [0.29, 0.717) is 5.52 Å². The van der Waals surface area contributed by atoms with E-state index in [0.717, 1.165) is 20.1 Å². The smallest absolute Gasteiger partial charge is 0.417 e. The van der Waals surface area contributed by atoms with E-state index < -0.39 is 47.1 Å². The molecule has 4 rings (SSSR count). The summed E-state index contributed by atoms with van der Waals surface area (Å²) in [5.41, 5.74) is 3.52. The number of fused-ring (bicyclic) bond motifs is 1. The van der Waals surface area contributed by atoms with E-state index in [4.69, 9.17) is 20.6 Å².